The maximum absolute atomic E-state index is 13.0. The topological polar surface area (TPSA) is 71.6 Å². The predicted octanol–water partition coefficient (Wildman–Crippen LogP) is 2.30. The molecule has 1 saturated heterocycles. The zero-order chi connectivity index (χ0) is 16.9. The lowest BCUT2D eigenvalue weighted by Gasteiger charge is -2.33. The van der Waals surface area contributed by atoms with Crippen molar-refractivity contribution in [3.05, 3.63) is 47.4 Å². The molecular weight excluding hydrogens is 313 g/mol. The highest BCUT2D eigenvalue weighted by Crippen LogP contribution is 2.31. The molecule has 2 heterocycles. The number of nitrogens with zero attached hydrogens (tertiary/aromatic N) is 3. The van der Waals surface area contributed by atoms with Crippen LogP contribution in [0.4, 0.5) is 4.39 Å². The Kier molecular flexibility index (Phi) is 5.55. The van der Waals surface area contributed by atoms with E-state index in [0.717, 1.165) is 31.5 Å². The Morgan fingerprint density at radius 3 is 2.71 bits per heavy atom. The van der Waals surface area contributed by atoms with Crippen LogP contribution in [0, 0.1) is 11.7 Å². The molecule has 1 aromatic carbocycles. The molecule has 1 unspecified atom stereocenters. The molecule has 3 rings (SSSR count). The molecule has 0 spiro atoms. The molecular formula is C17H22FN3O3. The molecule has 1 aliphatic rings. The summed E-state index contributed by atoms with van der Waals surface area (Å²) in [5.74, 6) is 1.03. The van der Waals surface area contributed by atoms with Crippen molar-refractivity contribution in [3.63, 3.8) is 0 Å². The van der Waals surface area contributed by atoms with Crippen LogP contribution in [0.1, 0.15) is 36.2 Å². The molecule has 6 nitrogen and oxygen atoms in total. The van der Waals surface area contributed by atoms with Crippen LogP contribution in [0.5, 0.6) is 0 Å². The van der Waals surface area contributed by atoms with Gasteiger partial charge in [-0.25, -0.2) is 4.39 Å². The molecule has 1 atom stereocenters. The number of aliphatic hydroxyl groups is 1. The molecule has 7 heteroatoms. The van der Waals surface area contributed by atoms with Crippen LogP contribution in [-0.2, 0) is 17.9 Å². The summed E-state index contributed by atoms with van der Waals surface area (Å²) in [5.41, 5.74) is 0.775. The van der Waals surface area contributed by atoms with E-state index in [1.54, 1.807) is 19.2 Å². The van der Waals surface area contributed by atoms with Crippen molar-refractivity contribution in [1.29, 1.82) is 0 Å². The van der Waals surface area contributed by atoms with Gasteiger partial charge in [0.1, 0.15) is 12.4 Å². The van der Waals surface area contributed by atoms with Crippen LogP contribution in [-0.4, -0.2) is 40.3 Å². The lowest BCUT2D eigenvalue weighted by Crippen LogP contribution is -2.35. The van der Waals surface area contributed by atoms with Crippen molar-refractivity contribution in [1.82, 2.24) is 15.0 Å². The number of ether oxygens (including phenoxy) is 1. The lowest BCUT2D eigenvalue weighted by atomic mass is 9.87. The summed E-state index contributed by atoms with van der Waals surface area (Å²) in [5, 5.41) is 14.4. The Hall–Kier alpha value is -1.83. The second-order valence-electron chi connectivity index (χ2n) is 6.15. The van der Waals surface area contributed by atoms with Crippen molar-refractivity contribution >= 4 is 0 Å². The van der Waals surface area contributed by atoms with E-state index in [1.165, 1.54) is 12.1 Å². The largest absolute Gasteiger partial charge is 0.388 e. The first-order valence-electron chi connectivity index (χ1n) is 8.12. The summed E-state index contributed by atoms with van der Waals surface area (Å²) in [7, 11) is 1.58. The van der Waals surface area contributed by atoms with Gasteiger partial charge in [0, 0.05) is 7.11 Å². The smallest absolute Gasteiger partial charge is 0.252 e. The first-order valence-corrected chi connectivity index (χ1v) is 8.12. The normalized spacial score (nSPS) is 18.0. The third-order valence-corrected chi connectivity index (χ3v) is 4.43. The SMILES string of the molecule is COCc1nc(CN2CCC(C(O)c3ccc(F)cc3)CC2)no1. The van der Waals surface area contributed by atoms with Gasteiger partial charge in [-0.2, -0.15) is 4.98 Å². The Balaban J connectivity index is 1.50. The highest BCUT2D eigenvalue weighted by Gasteiger charge is 2.27. The van der Waals surface area contributed by atoms with Crippen LogP contribution in [0.2, 0.25) is 0 Å². The van der Waals surface area contributed by atoms with Gasteiger partial charge in [-0.1, -0.05) is 17.3 Å². The van der Waals surface area contributed by atoms with E-state index in [4.69, 9.17) is 9.26 Å². The fraction of sp³-hybridized carbons (Fsp3) is 0.529. The van der Waals surface area contributed by atoms with E-state index in [-0.39, 0.29) is 11.7 Å². The number of likely N-dealkylation sites (tertiary alicyclic amines) is 1. The lowest BCUT2D eigenvalue weighted by molar-refractivity contribution is 0.0558. The fourth-order valence-corrected chi connectivity index (χ4v) is 3.10. The third kappa shape index (κ3) is 4.17. The Morgan fingerprint density at radius 1 is 1.33 bits per heavy atom. The summed E-state index contributed by atoms with van der Waals surface area (Å²) < 4.78 is 23.0. The van der Waals surface area contributed by atoms with E-state index in [0.29, 0.717) is 24.9 Å². The number of halogens is 1. The minimum atomic E-state index is -0.550. The van der Waals surface area contributed by atoms with Gasteiger partial charge in [-0.15, -0.1) is 0 Å². The Morgan fingerprint density at radius 2 is 2.04 bits per heavy atom. The van der Waals surface area contributed by atoms with E-state index in [1.807, 2.05) is 0 Å². The molecule has 24 heavy (non-hydrogen) atoms. The van der Waals surface area contributed by atoms with Gasteiger partial charge in [-0.05, 0) is 49.5 Å². The van der Waals surface area contributed by atoms with Crippen LogP contribution >= 0.6 is 0 Å². The summed E-state index contributed by atoms with van der Waals surface area (Å²) >= 11 is 0. The molecule has 1 aliphatic heterocycles. The molecule has 130 valence electrons. The average Bonchev–Trinajstić information content (AvgIpc) is 3.03. The molecule has 1 fully saturated rings. The minimum absolute atomic E-state index is 0.182. The maximum atomic E-state index is 13.0. The summed E-state index contributed by atoms with van der Waals surface area (Å²) in [6.07, 6.45) is 1.20. The fourth-order valence-electron chi connectivity index (χ4n) is 3.10. The van der Waals surface area contributed by atoms with Crippen molar-refractivity contribution in [3.8, 4) is 0 Å². The number of aromatic nitrogens is 2. The third-order valence-electron chi connectivity index (χ3n) is 4.43. The molecule has 0 aliphatic carbocycles. The summed E-state index contributed by atoms with van der Waals surface area (Å²) in [4.78, 5) is 6.52. The Labute approximate surface area is 140 Å². The molecule has 0 amide bonds. The highest BCUT2D eigenvalue weighted by molar-refractivity contribution is 5.19. The highest BCUT2D eigenvalue weighted by atomic mass is 19.1. The van der Waals surface area contributed by atoms with E-state index in [2.05, 4.69) is 15.0 Å². The van der Waals surface area contributed by atoms with Crippen molar-refractivity contribution in [2.75, 3.05) is 20.2 Å². The first-order chi connectivity index (χ1) is 11.7. The van der Waals surface area contributed by atoms with Crippen LogP contribution in [0.15, 0.2) is 28.8 Å². The number of rotatable bonds is 6. The van der Waals surface area contributed by atoms with Gasteiger partial charge in [0.15, 0.2) is 5.82 Å². The van der Waals surface area contributed by atoms with Crippen LogP contribution in [0.3, 0.4) is 0 Å². The first kappa shape index (κ1) is 17.0. The predicted molar refractivity (Wildman–Crippen MR) is 84.4 cm³/mol. The van der Waals surface area contributed by atoms with E-state index < -0.39 is 6.10 Å². The summed E-state index contributed by atoms with van der Waals surface area (Å²) in [6.45, 7) is 2.67. The quantitative estimate of drug-likeness (QED) is 0.873. The minimum Gasteiger partial charge on any atom is -0.388 e. The van der Waals surface area contributed by atoms with Crippen molar-refractivity contribution in [2.45, 2.75) is 32.1 Å². The molecule has 1 aromatic heterocycles. The van der Waals surface area contributed by atoms with Crippen LogP contribution in [0.25, 0.3) is 0 Å². The zero-order valence-electron chi connectivity index (χ0n) is 13.7. The number of piperidine rings is 1. The van der Waals surface area contributed by atoms with E-state index >= 15 is 0 Å². The zero-order valence-corrected chi connectivity index (χ0v) is 13.7. The van der Waals surface area contributed by atoms with Crippen molar-refractivity contribution in [2.24, 2.45) is 5.92 Å². The molecule has 0 radical (unpaired) electrons. The van der Waals surface area contributed by atoms with E-state index in [9.17, 15) is 9.50 Å². The van der Waals surface area contributed by atoms with Crippen molar-refractivity contribution < 1.29 is 18.8 Å². The van der Waals surface area contributed by atoms with Gasteiger partial charge >= 0.3 is 0 Å². The number of hydrogen-bond donors (Lipinski definition) is 1. The number of aliphatic hydroxyl groups excluding tert-OH is 1. The molecule has 1 N–H and O–H groups in total. The summed E-state index contributed by atoms with van der Waals surface area (Å²) in [6, 6.07) is 6.09. The van der Waals surface area contributed by atoms with Gasteiger partial charge < -0.3 is 14.4 Å². The maximum Gasteiger partial charge on any atom is 0.252 e. The number of benzene rings is 1. The van der Waals surface area contributed by atoms with Gasteiger partial charge in [-0.3, -0.25) is 4.90 Å². The number of methoxy groups -OCH3 is 1. The molecule has 0 saturated carbocycles. The molecule has 2 aromatic rings. The second kappa shape index (κ2) is 7.83. The number of hydrogen-bond acceptors (Lipinski definition) is 6. The van der Waals surface area contributed by atoms with Gasteiger partial charge in [0.2, 0.25) is 0 Å². The molecule has 0 bridgehead atoms. The van der Waals surface area contributed by atoms with Gasteiger partial charge in [0.25, 0.3) is 5.89 Å². The second-order valence-corrected chi connectivity index (χ2v) is 6.15. The van der Waals surface area contributed by atoms with Gasteiger partial charge in [0.05, 0.1) is 12.6 Å². The monoisotopic (exact) mass is 335 g/mol. The standard InChI is InChI=1S/C17H22FN3O3/c1-23-11-16-19-15(20-24-16)10-21-8-6-13(7-9-21)17(22)12-2-4-14(18)5-3-12/h2-5,13,17,22H,6-11H2,1H3. The average molecular weight is 335 g/mol. The Bertz CT molecular complexity index is 639. The van der Waals surface area contributed by atoms with Crippen LogP contribution < -0.4 is 0 Å².